The van der Waals surface area contributed by atoms with Gasteiger partial charge in [-0.15, -0.1) is 0 Å². The molecule has 2 aromatic rings. The smallest absolute Gasteiger partial charge is 0.328 e. The zero-order chi connectivity index (χ0) is 13.4. The zero-order valence-electron chi connectivity index (χ0n) is 10.8. The Morgan fingerprint density at radius 2 is 2.16 bits per heavy atom. The molecule has 19 heavy (non-hydrogen) atoms. The molecule has 3 heterocycles. The van der Waals surface area contributed by atoms with Crippen molar-refractivity contribution in [2.75, 3.05) is 13.2 Å². The van der Waals surface area contributed by atoms with Crippen LogP contribution in [0.1, 0.15) is 12.8 Å². The maximum atomic E-state index is 12.3. The number of fused-ring (bicyclic) bond motifs is 1. The molecular weight excluding hydrogens is 266 g/mol. The van der Waals surface area contributed by atoms with Gasteiger partial charge in [0, 0.05) is 32.9 Å². The zero-order valence-corrected chi connectivity index (χ0v) is 11.6. The molecule has 6 heteroatoms. The summed E-state index contributed by atoms with van der Waals surface area (Å²) in [6, 6.07) is 1.76. The number of aromatic nitrogens is 3. The number of halogens is 1. The first kappa shape index (κ1) is 12.7. The molecule has 0 bridgehead atoms. The van der Waals surface area contributed by atoms with E-state index in [2.05, 4.69) is 4.98 Å². The summed E-state index contributed by atoms with van der Waals surface area (Å²) in [5, 5.41) is 0.416. The Morgan fingerprint density at radius 3 is 2.89 bits per heavy atom. The van der Waals surface area contributed by atoms with Crippen LogP contribution in [0.15, 0.2) is 17.1 Å². The molecule has 102 valence electrons. The largest absolute Gasteiger partial charge is 0.381 e. The number of pyridine rings is 1. The lowest BCUT2D eigenvalue weighted by Crippen LogP contribution is -2.28. The molecule has 0 aromatic carbocycles. The van der Waals surface area contributed by atoms with Crippen LogP contribution in [0, 0.1) is 5.92 Å². The summed E-state index contributed by atoms with van der Waals surface area (Å²) < 4.78 is 8.78. The van der Waals surface area contributed by atoms with Gasteiger partial charge in [-0.25, -0.2) is 9.78 Å². The van der Waals surface area contributed by atoms with Crippen molar-refractivity contribution in [3.05, 3.63) is 27.9 Å². The van der Waals surface area contributed by atoms with Gasteiger partial charge in [0.2, 0.25) is 0 Å². The lowest BCUT2D eigenvalue weighted by Gasteiger charge is -2.22. The minimum Gasteiger partial charge on any atom is -0.381 e. The van der Waals surface area contributed by atoms with Gasteiger partial charge in [-0.1, -0.05) is 11.6 Å². The number of nitrogens with zero attached hydrogens (tertiary/aromatic N) is 3. The van der Waals surface area contributed by atoms with Crippen LogP contribution in [0.4, 0.5) is 0 Å². The van der Waals surface area contributed by atoms with Gasteiger partial charge in [0.25, 0.3) is 0 Å². The topological polar surface area (TPSA) is 49.0 Å². The average molecular weight is 282 g/mol. The highest BCUT2D eigenvalue weighted by Gasteiger charge is 2.18. The molecule has 0 N–H and O–H groups in total. The van der Waals surface area contributed by atoms with Crippen LogP contribution in [0.2, 0.25) is 5.15 Å². The summed E-state index contributed by atoms with van der Waals surface area (Å²) >= 11 is 5.94. The van der Waals surface area contributed by atoms with E-state index >= 15 is 0 Å². The molecule has 1 saturated heterocycles. The van der Waals surface area contributed by atoms with Gasteiger partial charge in [0.05, 0.1) is 17.2 Å². The van der Waals surface area contributed by atoms with Crippen molar-refractivity contribution in [3.63, 3.8) is 0 Å². The van der Waals surface area contributed by atoms with E-state index in [1.807, 2.05) is 0 Å². The van der Waals surface area contributed by atoms with Gasteiger partial charge in [-0.3, -0.25) is 9.13 Å². The number of ether oxygens (including phenoxy) is 1. The van der Waals surface area contributed by atoms with Crippen molar-refractivity contribution < 1.29 is 4.74 Å². The summed E-state index contributed by atoms with van der Waals surface area (Å²) in [5.41, 5.74) is 1.67. The van der Waals surface area contributed by atoms with Gasteiger partial charge < -0.3 is 4.74 Å². The molecule has 0 aliphatic carbocycles. The SMILES string of the molecule is Cn1c(=O)n(CC2CCOCC2)c2cc(Cl)ncc21. The summed E-state index contributed by atoms with van der Waals surface area (Å²) in [5.74, 6) is 0.490. The third kappa shape index (κ3) is 2.28. The Kier molecular flexibility index (Phi) is 3.33. The maximum absolute atomic E-state index is 12.3. The van der Waals surface area contributed by atoms with Crippen LogP contribution in [0.25, 0.3) is 11.0 Å². The second kappa shape index (κ2) is 4.98. The van der Waals surface area contributed by atoms with Gasteiger partial charge in [-0.05, 0) is 18.8 Å². The predicted molar refractivity (Wildman–Crippen MR) is 73.5 cm³/mol. The van der Waals surface area contributed by atoms with Crippen LogP contribution in [-0.2, 0) is 18.3 Å². The van der Waals surface area contributed by atoms with E-state index in [0.29, 0.717) is 11.1 Å². The van der Waals surface area contributed by atoms with Crippen LogP contribution in [0.5, 0.6) is 0 Å². The normalized spacial score (nSPS) is 17.2. The molecule has 1 aliphatic rings. The highest BCUT2D eigenvalue weighted by molar-refractivity contribution is 6.29. The van der Waals surface area contributed by atoms with E-state index in [9.17, 15) is 4.79 Å². The van der Waals surface area contributed by atoms with Gasteiger partial charge in [0.15, 0.2) is 0 Å². The number of rotatable bonds is 2. The van der Waals surface area contributed by atoms with Crippen molar-refractivity contribution in [1.82, 2.24) is 14.1 Å². The predicted octanol–water partition coefficient (Wildman–Crippen LogP) is 1.81. The maximum Gasteiger partial charge on any atom is 0.328 e. The van der Waals surface area contributed by atoms with Crippen LogP contribution in [0.3, 0.4) is 0 Å². The highest BCUT2D eigenvalue weighted by atomic mass is 35.5. The minimum atomic E-state index is -0.00874. The van der Waals surface area contributed by atoms with E-state index in [4.69, 9.17) is 16.3 Å². The molecule has 3 rings (SSSR count). The van der Waals surface area contributed by atoms with Crippen molar-refractivity contribution in [3.8, 4) is 0 Å². The summed E-state index contributed by atoms with van der Waals surface area (Å²) in [6.45, 7) is 2.29. The molecule has 0 atom stereocenters. The lowest BCUT2D eigenvalue weighted by atomic mass is 10.0. The van der Waals surface area contributed by atoms with Gasteiger partial charge in [0.1, 0.15) is 5.15 Å². The number of hydrogen-bond donors (Lipinski definition) is 0. The van der Waals surface area contributed by atoms with Gasteiger partial charge >= 0.3 is 5.69 Å². The van der Waals surface area contributed by atoms with Crippen LogP contribution in [-0.4, -0.2) is 27.3 Å². The molecule has 2 aromatic heterocycles. The molecule has 0 saturated carbocycles. The van der Waals surface area contributed by atoms with Crippen molar-refractivity contribution in [2.45, 2.75) is 19.4 Å². The molecule has 1 aliphatic heterocycles. The van der Waals surface area contributed by atoms with E-state index < -0.39 is 0 Å². The Morgan fingerprint density at radius 1 is 1.42 bits per heavy atom. The Labute approximate surface area is 115 Å². The number of imidazole rings is 1. The average Bonchev–Trinajstić information content (AvgIpc) is 2.65. The summed E-state index contributed by atoms with van der Waals surface area (Å²) in [4.78, 5) is 16.3. The second-order valence-electron chi connectivity index (χ2n) is 5.00. The van der Waals surface area contributed by atoms with E-state index in [0.717, 1.165) is 43.6 Å². The standard InChI is InChI=1S/C13H16ClN3O2/c1-16-11-7-15-12(14)6-10(11)17(13(16)18)8-9-2-4-19-5-3-9/h6-7,9H,2-5,8H2,1H3. The lowest BCUT2D eigenvalue weighted by molar-refractivity contribution is 0.0613. The van der Waals surface area contributed by atoms with Crippen molar-refractivity contribution >= 4 is 22.6 Å². The Bertz CT molecular complexity index is 656. The Hall–Kier alpha value is -1.33. The first-order valence-electron chi connectivity index (χ1n) is 6.45. The fourth-order valence-electron chi connectivity index (χ4n) is 2.64. The minimum absolute atomic E-state index is 0.00874. The summed E-state index contributed by atoms with van der Waals surface area (Å²) in [7, 11) is 1.76. The molecule has 0 spiro atoms. The molecule has 0 amide bonds. The van der Waals surface area contributed by atoms with Crippen molar-refractivity contribution in [2.24, 2.45) is 13.0 Å². The third-order valence-corrected chi connectivity index (χ3v) is 3.99. The first-order chi connectivity index (χ1) is 9.16. The first-order valence-corrected chi connectivity index (χ1v) is 6.83. The van der Waals surface area contributed by atoms with E-state index in [1.54, 1.807) is 28.4 Å². The fraction of sp³-hybridized carbons (Fsp3) is 0.538. The van der Waals surface area contributed by atoms with E-state index in [1.165, 1.54) is 0 Å². The molecule has 1 fully saturated rings. The molecule has 0 radical (unpaired) electrons. The number of hydrogen-bond acceptors (Lipinski definition) is 3. The molecule has 0 unspecified atom stereocenters. The molecular formula is C13H16ClN3O2. The van der Waals surface area contributed by atoms with E-state index in [-0.39, 0.29) is 5.69 Å². The fourth-order valence-corrected chi connectivity index (χ4v) is 2.79. The number of aryl methyl sites for hydroxylation is 1. The van der Waals surface area contributed by atoms with Crippen LogP contribution < -0.4 is 5.69 Å². The monoisotopic (exact) mass is 281 g/mol. The second-order valence-corrected chi connectivity index (χ2v) is 5.39. The van der Waals surface area contributed by atoms with Crippen molar-refractivity contribution in [1.29, 1.82) is 0 Å². The molecule has 5 nitrogen and oxygen atoms in total. The summed E-state index contributed by atoms with van der Waals surface area (Å²) in [6.07, 6.45) is 3.66. The Balaban J connectivity index is 2.04. The van der Waals surface area contributed by atoms with Gasteiger partial charge in [-0.2, -0.15) is 0 Å². The third-order valence-electron chi connectivity index (χ3n) is 3.78. The highest BCUT2D eigenvalue weighted by Crippen LogP contribution is 2.20. The quantitative estimate of drug-likeness (QED) is 0.789. The van der Waals surface area contributed by atoms with Crippen LogP contribution >= 0.6 is 11.6 Å².